The first kappa shape index (κ1) is 17.9. The standard InChI is InChI=1S/C23H29N3O/c27-22(25-18-23(13-14-23)19-9-3-1-4-10-19)17-24-20-11-5-6-12-21(20)26-15-7-2-8-16-26/h1,3-6,9-12,24H,2,7-8,13-18H2,(H,25,27). The van der Waals surface area contributed by atoms with E-state index in [0.29, 0.717) is 6.54 Å². The van der Waals surface area contributed by atoms with Gasteiger partial charge in [0.15, 0.2) is 0 Å². The zero-order valence-corrected chi connectivity index (χ0v) is 15.9. The van der Waals surface area contributed by atoms with Crippen LogP contribution in [-0.2, 0) is 10.2 Å². The van der Waals surface area contributed by atoms with E-state index in [1.54, 1.807) is 0 Å². The Morgan fingerprint density at radius 1 is 0.926 bits per heavy atom. The highest BCUT2D eigenvalue weighted by atomic mass is 16.1. The van der Waals surface area contributed by atoms with Crippen LogP contribution in [0.15, 0.2) is 54.6 Å². The molecule has 2 fully saturated rings. The van der Waals surface area contributed by atoms with Crippen LogP contribution in [0.25, 0.3) is 0 Å². The van der Waals surface area contributed by atoms with Gasteiger partial charge in [-0.15, -0.1) is 0 Å². The van der Waals surface area contributed by atoms with Crippen LogP contribution < -0.4 is 15.5 Å². The van der Waals surface area contributed by atoms with Crippen LogP contribution in [0.3, 0.4) is 0 Å². The predicted octanol–water partition coefficient (Wildman–Crippen LogP) is 3.94. The topological polar surface area (TPSA) is 44.4 Å². The number of nitrogens with zero attached hydrogens (tertiary/aromatic N) is 1. The minimum absolute atomic E-state index is 0.0608. The van der Waals surface area contributed by atoms with Gasteiger partial charge in [0.1, 0.15) is 0 Å². The molecule has 0 unspecified atom stereocenters. The number of benzene rings is 2. The molecule has 4 heteroatoms. The number of carbonyl (C=O) groups excluding carboxylic acids is 1. The van der Waals surface area contributed by atoms with Crippen molar-refractivity contribution in [2.75, 3.05) is 36.4 Å². The highest BCUT2D eigenvalue weighted by Crippen LogP contribution is 2.47. The molecule has 2 N–H and O–H groups in total. The first-order valence-corrected chi connectivity index (χ1v) is 10.2. The molecule has 2 aromatic carbocycles. The van der Waals surface area contributed by atoms with Crippen LogP contribution in [0, 0.1) is 0 Å². The van der Waals surface area contributed by atoms with Crippen molar-refractivity contribution in [3.8, 4) is 0 Å². The van der Waals surface area contributed by atoms with E-state index >= 15 is 0 Å². The summed E-state index contributed by atoms with van der Waals surface area (Å²) in [7, 11) is 0. The maximum absolute atomic E-state index is 12.4. The van der Waals surface area contributed by atoms with Gasteiger partial charge in [0.25, 0.3) is 0 Å². The molecule has 2 aromatic rings. The Morgan fingerprint density at radius 3 is 2.37 bits per heavy atom. The number of hydrogen-bond acceptors (Lipinski definition) is 3. The van der Waals surface area contributed by atoms with Crippen LogP contribution >= 0.6 is 0 Å². The Labute approximate surface area is 162 Å². The minimum atomic E-state index is 0.0608. The predicted molar refractivity (Wildman–Crippen MR) is 111 cm³/mol. The molecule has 4 nitrogen and oxygen atoms in total. The molecule has 1 heterocycles. The highest BCUT2D eigenvalue weighted by Gasteiger charge is 2.44. The molecule has 1 aliphatic carbocycles. The number of anilines is 2. The maximum Gasteiger partial charge on any atom is 0.239 e. The van der Waals surface area contributed by atoms with Crippen LogP contribution in [0.5, 0.6) is 0 Å². The summed E-state index contributed by atoms with van der Waals surface area (Å²) < 4.78 is 0. The normalized spacial score (nSPS) is 18.0. The fraction of sp³-hybridized carbons (Fsp3) is 0.435. The van der Waals surface area contributed by atoms with Crippen LogP contribution in [0.4, 0.5) is 11.4 Å². The average Bonchev–Trinajstić information content (AvgIpc) is 3.53. The van der Waals surface area contributed by atoms with E-state index in [0.717, 1.165) is 38.2 Å². The minimum Gasteiger partial charge on any atom is -0.374 e. The second kappa shape index (κ2) is 8.03. The zero-order chi connectivity index (χ0) is 18.5. The van der Waals surface area contributed by atoms with Crippen molar-refractivity contribution in [2.24, 2.45) is 0 Å². The van der Waals surface area contributed by atoms with Crippen LogP contribution in [-0.4, -0.2) is 32.1 Å². The number of carbonyl (C=O) groups is 1. The summed E-state index contributed by atoms with van der Waals surface area (Å²) in [6.45, 7) is 3.25. The Balaban J connectivity index is 1.31. The van der Waals surface area contributed by atoms with Crippen LogP contribution in [0.2, 0.25) is 0 Å². The summed E-state index contributed by atoms with van der Waals surface area (Å²) in [5.41, 5.74) is 3.77. The summed E-state index contributed by atoms with van der Waals surface area (Å²) in [5.74, 6) is 0.0608. The van der Waals surface area contributed by atoms with Gasteiger partial charge in [-0.05, 0) is 49.8 Å². The summed E-state index contributed by atoms with van der Waals surface area (Å²) in [6.07, 6.45) is 6.12. The van der Waals surface area contributed by atoms with E-state index in [1.165, 1.54) is 30.5 Å². The monoisotopic (exact) mass is 363 g/mol. The molecule has 1 aliphatic heterocycles. The summed E-state index contributed by atoms with van der Waals surface area (Å²) in [5, 5.41) is 6.49. The average molecular weight is 364 g/mol. The summed E-state index contributed by atoms with van der Waals surface area (Å²) in [4.78, 5) is 14.9. The molecule has 0 radical (unpaired) electrons. The molecule has 0 atom stereocenters. The molecule has 4 rings (SSSR count). The van der Waals surface area contributed by atoms with E-state index in [4.69, 9.17) is 0 Å². The molecule has 1 saturated carbocycles. The van der Waals surface area contributed by atoms with Gasteiger partial charge in [-0.2, -0.15) is 0 Å². The summed E-state index contributed by atoms with van der Waals surface area (Å²) in [6, 6.07) is 18.9. The lowest BCUT2D eigenvalue weighted by Crippen LogP contribution is -2.36. The fourth-order valence-corrected chi connectivity index (χ4v) is 4.05. The Hall–Kier alpha value is -2.49. The molecule has 142 valence electrons. The SMILES string of the molecule is O=C(CNc1ccccc1N1CCCCC1)NCC1(c2ccccc2)CC1. The quantitative estimate of drug-likeness (QED) is 0.783. The second-order valence-electron chi connectivity index (χ2n) is 7.84. The van der Waals surface area contributed by atoms with Gasteiger partial charge in [-0.1, -0.05) is 42.5 Å². The van der Waals surface area contributed by atoms with Gasteiger partial charge >= 0.3 is 0 Å². The van der Waals surface area contributed by atoms with Crippen molar-refractivity contribution in [2.45, 2.75) is 37.5 Å². The third kappa shape index (κ3) is 4.26. The molecule has 27 heavy (non-hydrogen) atoms. The van der Waals surface area contributed by atoms with E-state index in [2.05, 4.69) is 58.0 Å². The lowest BCUT2D eigenvalue weighted by Gasteiger charge is -2.30. The van der Waals surface area contributed by atoms with Gasteiger partial charge in [0.05, 0.1) is 17.9 Å². The van der Waals surface area contributed by atoms with Gasteiger partial charge < -0.3 is 15.5 Å². The smallest absolute Gasteiger partial charge is 0.239 e. The van der Waals surface area contributed by atoms with E-state index < -0.39 is 0 Å². The number of rotatable bonds is 7. The largest absolute Gasteiger partial charge is 0.374 e. The van der Waals surface area contributed by atoms with Crippen molar-refractivity contribution in [1.82, 2.24) is 5.32 Å². The highest BCUT2D eigenvalue weighted by molar-refractivity contribution is 5.82. The second-order valence-corrected chi connectivity index (χ2v) is 7.84. The zero-order valence-electron chi connectivity index (χ0n) is 15.9. The van der Waals surface area contributed by atoms with Gasteiger partial charge in [0.2, 0.25) is 5.91 Å². The Kier molecular flexibility index (Phi) is 5.33. The molecular weight excluding hydrogens is 334 g/mol. The van der Waals surface area contributed by atoms with E-state index in [9.17, 15) is 4.79 Å². The van der Waals surface area contributed by atoms with E-state index in [-0.39, 0.29) is 11.3 Å². The van der Waals surface area contributed by atoms with Crippen molar-refractivity contribution in [3.63, 3.8) is 0 Å². The molecule has 0 aromatic heterocycles. The molecule has 2 aliphatic rings. The number of piperidine rings is 1. The van der Waals surface area contributed by atoms with Gasteiger partial charge in [0, 0.05) is 25.0 Å². The lowest BCUT2D eigenvalue weighted by molar-refractivity contribution is -0.119. The maximum atomic E-state index is 12.4. The molecule has 1 saturated heterocycles. The lowest BCUT2D eigenvalue weighted by atomic mass is 9.96. The third-order valence-electron chi connectivity index (χ3n) is 5.90. The molecule has 0 spiro atoms. The number of nitrogens with one attached hydrogen (secondary N) is 2. The molecule has 0 bridgehead atoms. The van der Waals surface area contributed by atoms with Crippen LogP contribution in [0.1, 0.15) is 37.7 Å². The number of hydrogen-bond donors (Lipinski definition) is 2. The molecule has 1 amide bonds. The van der Waals surface area contributed by atoms with Crippen molar-refractivity contribution >= 4 is 17.3 Å². The van der Waals surface area contributed by atoms with Crippen molar-refractivity contribution < 1.29 is 4.79 Å². The van der Waals surface area contributed by atoms with Crippen molar-refractivity contribution in [1.29, 1.82) is 0 Å². The Morgan fingerprint density at radius 2 is 1.63 bits per heavy atom. The fourth-order valence-electron chi connectivity index (χ4n) is 4.05. The first-order valence-electron chi connectivity index (χ1n) is 10.2. The third-order valence-corrected chi connectivity index (χ3v) is 5.90. The summed E-state index contributed by atoms with van der Waals surface area (Å²) >= 11 is 0. The van der Waals surface area contributed by atoms with E-state index in [1.807, 2.05) is 12.1 Å². The Bertz CT molecular complexity index is 764. The van der Waals surface area contributed by atoms with Gasteiger partial charge in [-0.25, -0.2) is 0 Å². The number of para-hydroxylation sites is 2. The van der Waals surface area contributed by atoms with Crippen molar-refractivity contribution in [3.05, 3.63) is 60.2 Å². The molecular formula is C23H29N3O. The number of amides is 1. The first-order chi connectivity index (χ1) is 13.3. The van der Waals surface area contributed by atoms with Gasteiger partial charge in [-0.3, -0.25) is 4.79 Å².